The first-order valence-electron chi connectivity index (χ1n) is 7.34. The third-order valence-corrected chi connectivity index (χ3v) is 4.49. The summed E-state index contributed by atoms with van der Waals surface area (Å²) in [6.45, 7) is 2.33. The number of aromatic carboxylic acids is 1. The Morgan fingerprint density at radius 3 is 2.29 bits per heavy atom. The average Bonchev–Trinajstić information content (AvgIpc) is 2.53. The molecule has 2 aromatic carbocycles. The Bertz CT molecular complexity index is 815. The van der Waals surface area contributed by atoms with Gasteiger partial charge < -0.3 is 9.84 Å². The van der Waals surface area contributed by atoms with Crippen molar-refractivity contribution in [2.75, 3.05) is 17.2 Å². The van der Waals surface area contributed by atoms with E-state index >= 15 is 0 Å². The molecule has 2 aromatic rings. The molecule has 6 nitrogen and oxygen atoms in total. The molecule has 24 heavy (non-hydrogen) atoms. The lowest BCUT2D eigenvalue weighted by atomic mass is 10.1. The second kappa shape index (κ2) is 7.35. The average molecular weight is 349 g/mol. The molecular formula is C17H19NO5S. The van der Waals surface area contributed by atoms with Gasteiger partial charge in [0.1, 0.15) is 5.75 Å². The Kier molecular flexibility index (Phi) is 5.46. The minimum absolute atomic E-state index is 0.0861. The molecule has 0 fully saturated rings. The Hall–Kier alpha value is -2.54. The maximum atomic E-state index is 12.2. The van der Waals surface area contributed by atoms with E-state index in [-0.39, 0.29) is 12.1 Å². The molecule has 0 aliphatic carbocycles. The van der Waals surface area contributed by atoms with Crippen LogP contribution in [0.1, 0.15) is 22.8 Å². The van der Waals surface area contributed by atoms with Crippen molar-refractivity contribution in [3.63, 3.8) is 0 Å². The number of hydrogen-bond donors (Lipinski definition) is 1. The summed E-state index contributed by atoms with van der Waals surface area (Å²) < 4.78 is 31.2. The molecular weight excluding hydrogens is 330 g/mol. The van der Waals surface area contributed by atoms with Crippen molar-refractivity contribution >= 4 is 21.7 Å². The number of carboxylic acid groups (broad SMARTS) is 1. The monoisotopic (exact) mass is 349 g/mol. The van der Waals surface area contributed by atoms with Gasteiger partial charge in [0.2, 0.25) is 10.0 Å². The summed E-state index contributed by atoms with van der Waals surface area (Å²) in [5.74, 6) is -0.546. The molecule has 0 radical (unpaired) electrons. The van der Waals surface area contributed by atoms with Crippen LogP contribution in [0.15, 0.2) is 48.5 Å². The van der Waals surface area contributed by atoms with Crippen LogP contribution in [0, 0.1) is 0 Å². The molecule has 0 aliphatic heterocycles. The zero-order chi connectivity index (χ0) is 17.7. The molecule has 0 atom stereocenters. The lowest BCUT2D eigenvalue weighted by molar-refractivity contribution is 0.0697. The summed E-state index contributed by atoms with van der Waals surface area (Å²) in [7, 11) is -3.55. The van der Waals surface area contributed by atoms with Crippen molar-refractivity contribution in [2.45, 2.75) is 13.5 Å². The highest BCUT2D eigenvalue weighted by molar-refractivity contribution is 7.92. The molecule has 0 amide bonds. The van der Waals surface area contributed by atoms with Gasteiger partial charge in [-0.05, 0) is 36.8 Å². The van der Waals surface area contributed by atoms with Crippen LogP contribution in [0.4, 0.5) is 5.69 Å². The maximum Gasteiger partial charge on any atom is 0.335 e. The first kappa shape index (κ1) is 17.8. The number of hydrogen-bond acceptors (Lipinski definition) is 4. The van der Waals surface area contributed by atoms with E-state index in [0.29, 0.717) is 23.6 Å². The smallest absolute Gasteiger partial charge is 0.335 e. The molecule has 0 spiro atoms. The van der Waals surface area contributed by atoms with Gasteiger partial charge in [0, 0.05) is 0 Å². The second-order valence-corrected chi connectivity index (χ2v) is 7.08. The molecule has 0 saturated heterocycles. The first-order chi connectivity index (χ1) is 11.3. The number of anilines is 1. The second-order valence-electron chi connectivity index (χ2n) is 5.17. The van der Waals surface area contributed by atoms with Gasteiger partial charge >= 0.3 is 5.97 Å². The van der Waals surface area contributed by atoms with Gasteiger partial charge in [0.15, 0.2) is 0 Å². The van der Waals surface area contributed by atoms with Crippen molar-refractivity contribution in [3.8, 4) is 5.75 Å². The number of carboxylic acids is 1. The SMILES string of the molecule is CCOc1ccccc1N(Cc1ccc(C(=O)O)cc1)S(C)(=O)=O. The van der Waals surface area contributed by atoms with Crippen LogP contribution in [-0.2, 0) is 16.6 Å². The van der Waals surface area contributed by atoms with Crippen LogP contribution in [0.5, 0.6) is 5.75 Å². The summed E-state index contributed by atoms with van der Waals surface area (Å²) in [5, 5.41) is 8.94. The molecule has 2 rings (SSSR count). The highest BCUT2D eigenvalue weighted by atomic mass is 32.2. The number of para-hydroxylation sites is 2. The fourth-order valence-corrected chi connectivity index (χ4v) is 3.13. The molecule has 0 unspecified atom stereocenters. The van der Waals surface area contributed by atoms with Gasteiger partial charge in [-0.15, -0.1) is 0 Å². The minimum Gasteiger partial charge on any atom is -0.492 e. The lowest BCUT2D eigenvalue weighted by Gasteiger charge is -2.24. The van der Waals surface area contributed by atoms with E-state index in [1.54, 1.807) is 36.4 Å². The van der Waals surface area contributed by atoms with Crippen LogP contribution in [-0.4, -0.2) is 32.4 Å². The number of sulfonamides is 1. The highest BCUT2D eigenvalue weighted by Gasteiger charge is 2.21. The van der Waals surface area contributed by atoms with E-state index in [9.17, 15) is 13.2 Å². The van der Waals surface area contributed by atoms with Crippen molar-refractivity contribution in [2.24, 2.45) is 0 Å². The van der Waals surface area contributed by atoms with Crippen LogP contribution >= 0.6 is 0 Å². The minimum atomic E-state index is -3.55. The summed E-state index contributed by atoms with van der Waals surface area (Å²) in [6.07, 6.45) is 1.13. The van der Waals surface area contributed by atoms with Gasteiger partial charge in [-0.1, -0.05) is 24.3 Å². The zero-order valence-electron chi connectivity index (χ0n) is 13.5. The van der Waals surface area contributed by atoms with Crippen molar-refractivity contribution in [1.82, 2.24) is 0 Å². The topological polar surface area (TPSA) is 83.9 Å². The van der Waals surface area contributed by atoms with Crippen LogP contribution in [0.3, 0.4) is 0 Å². The molecule has 128 valence electrons. The summed E-state index contributed by atoms with van der Waals surface area (Å²) in [6, 6.07) is 13.0. The predicted molar refractivity (Wildman–Crippen MR) is 92.0 cm³/mol. The molecule has 7 heteroatoms. The van der Waals surface area contributed by atoms with E-state index in [2.05, 4.69) is 0 Å². The zero-order valence-corrected chi connectivity index (χ0v) is 14.3. The number of benzene rings is 2. The Balaban J connectivity index is 2.39. The van der Waals surface area contributed by atoms with Gasteiger partial charge in [0.05, 0.1) is 30.7 Å². The van der Waals surface area contributed by atoms with Gasteiger partial charge in [0.25, 0.3) is 0 Å². The Morgan fingerprint density at radius 1 is 1.12 bits per heavy atom. The Morgan fingerprint density at radius 2 is 1.75 bits per heavy atom. The molecule has 0 heterocycles. The highest BCUT2D eigenvalue weighted by Crippen LogP contribution is 2.31. The number of rotatable bonds is 7. The summed E-state index contributed by atoms with van der Waals surface area (Å²) in [4.78, 5) is 10.9. The fourth-order valence-electron chi connectivity index (χ4n) is 2.24. The normalized spacial score (nSPS) is 11.1. The molecule has 1 N–H and O–H groups in total. The van der Waals surface area contributed by atoms with Gasteiger partial charge in [-0.2, -0.15) is 0 Å². The lowest BCUT2D eigenvalue weighted by Crippen LogP contribution is -2.29. The van der Waals surface area contributed by atoms with E-state index in [1.807, 2.05) is 6.92 Å². The van der Waals surface area contributed by atoms with E-state index in [1.165, 1.54) is 16.4 Å². The number of ether oxygens (including phenoxy) is 1. The maximum absolute atomic E-state index is 12.2. The fraction of sp³-hybridized carbons (Fsp3) is 0.235. The largest absolute Gasteiger partial charge is 0.492 e. The molecule has 0 aromatic heterocycles. The molecule has 0 saturated carbocycles. The van der Waals surface area contributed by atoms with Crippen LogP contribution in [0.2, 0.25) is 0 Å². The van der Waals surface area contributed by atoms with Crippen molar-refractivity contribution in [1.29, 1.82) is 0 Å². The standard InChI is InChI=1S/C17H19NO5S/c1-3-23-16-7-5-4-6-15(16)18(24(2,21)22)12-13-8-10-14(11-9-13)17(19)20/h4-11H,3,12H2,1-2H3,(H,19,20). The van der Waals surface area contributed by atoms with Gasteiger partial charge in [-0.25, -0.2) is 13.2 Å². The van der Waals surface area contributed by atoms with E-state index in [0.717, 1.165) is 6.26 Å². The summed E-state index contributed by atoms with van der Waals surface area (Å²) in [5.41, 5.74) is 1.28. The molecule has 0 aliphatic rings. The van der Waals surface area contributed by atoms with Crippen LogP contribution in [0.25, 0.3) is 0 Å². The molecule has 0 bridgehead atoms. The summed E-state index contributed by atoms with van der Waals surface area (Å²) >= 11 is 0. The van der Waals surface area contributed by atoms with Gasteiger partial charge in [-0.3, -0.25) is 4.31 Å². The number of carbonyl (C=O) groups is 1. The van der Waals surface area contributed by atoms with Crippen LogP contribution < -0.4 is 9.04 Å². The predicted octanol–water partition coefficient (Wildman–Crippen LogP) is 2.75. The van der Waals surface area contributed by atoms with E-state index in [4.69, 9.17) is 9.84 Å². The van der Waals surface area contributed by atoms with E-state index < -0.39 is 16.0 Å². The third-order valence-electron chi connectivity index (χ3n) is 3.36. The third kappa shape index (κ3) is 4.26. The number of nitrogens with zero attached hydrogens (tertiary/aromatic N) is 1. The quantitative estimate of drug-likeness (QED) is 0.831. The van der Waals surface area contributed by atoms with Crippen molar-refractivity contribution < 1.29 is 23.1 Å². The van der Waals surface area contributed by atoms with Crippen molar-refractivity contribution in [3.05, 3.63) is 59.7 Å². The Labute approximate surface area is 141 Å². The first-order valence-corrected chi connectivity index (χ1v) is 9.19.